The Morgan fingerprint density at radius 2 is 2.07 bits per heavy atom. The third kappa shape index (κ3) is 5.51. The lowest BCUT2D eigenvalue weighted by Gasteiger charge is -2.23. The van der Waals surface area contributed by atoms with Crippen LogP contribution in [0.5, 0.6) is 5.75 Å². The zero-order chi connectivity index (χ0) is 19.1. The highest BCUT2D eigenvalue weighted by Gasteiger charge is 2.22. The van der Waals surface area contributed by atoms with Crippen LogP contribution < -0.4 is 15.4 Å². The molecule has 1 aromatic carbocycles. The SMILES string of the molecule is O=C(NCCF)C1CC=C(c2ccc(OCC3CCNCC3)c(F)c2)CC1. The maximum Gasteiger partial charge on any atom is 0.223 e. The number of nitrogens with one attached hydrogen (secondary N) is 2. The molecular formula is C21H28F2N2O2. The molecule has 0 aromatic heterocycles. The van der Waals surface area contributed by atoms with Gasteiger partial charge in [0.15, 0.2) is 11.6 Å². The fourth-order valence-corrected chi connectivity index (χ4v) is 3.72. The molecular weight excluding hydrogens is 350 g/mol. The normalized spacial score (nSPS) is 20.8. The largest absolute Gasteiger partial charge is 0.490 e. The van der Waals surface area contributed by atoms with Gasteiger partial charge in [0.25, 0.3) is 0 Å². The molecule has 2 aliphatic rings. The van der Waals surface area contributed by atoms with Gasteiger partial charge in [-0.3, -0.25) is 4.79 Å². The van der Waals surface area contributed by atoms with Gasteiger partial charge in [-0.05, 0) is 74.4 Å². The second kappa shape index (κ2) is 9.83. The molecule has 148 valence electrons. The Bertz CT molecular complexity index is 672. The van der Waals surface area contributed by atoms with Crippen molar-refractivity contribution in [3.63, 3.8) is 0 Å². The molecule has 1 aliphatic heterocycles. The Hall–Kier alpha value is -1.95. The molecule has 1 fully saturated rings. The predicted molar refractivity (Wildman–Crippen MR) is 102 cm³/mol. The van der Waals surface area contributed by atoms with Gasteiger partial charge in [0, 0.05) is 12.5 Å². The van der Waals surface area contributed by atoms with Crippen LogP contribution in [0.25, 0.3) is 5.57 Å². The van der Waals surface area contributed by atoms with Crippen LogP contribution in [0.1, 0.15) is 37.7 Å². The summed E-state index contributed by atoms with van der Waals surface area (Å²) in [6, 6.07) is 5.11. The number of hydrogen-bond donors (Lipinski definition) is 2. The molecule has 27 heavy (non-hydrogen) atoms. The standard InChI is InChI=1S/C21H28F2N2O2/c22-9-12-25-21(26)17-3-1-16(2-4-17)18-5-6-20(19(23)13-18)27-14-15-7-10-24-11-8-15/h1,5-6,13,15,17,24H,2-4,7-12,14H2,(H,25,26). The van der Waals surface area contributed by atoms with E-state index in [0.29, 0.717) is 37.5 Å². The molecule has 1 unspecified atom stereocenters. The van der Waals surface area contributed by atoms with Crippen LogP contribution in [0.4, 0.5) is 8.78 Å². The van der Waals surface area contributed by atoms with E-state index in [4.69, 9.17) is 4.74 Å². The van der Waals surface area contributed by atoms with Gasteiger partial charge in [-0.2, -0.15) is 0 Å². The van der Waals surface area contributed by atoms with Gasteiger partial charge in [0.2, 0.25) is 5.91 Å². The molecule has 3 rings (SSSR count). The van der Waals surface area contributed by atoms with Crippen molar-refractivity contribution in [2.75, 3.05) is 32.9 Å². The Morgan fingerprint density at radius 1 is 1.26 bits per heavy atom. The van der Waals surface area contributed by atoms with Gasteiger partial charge < -0.3 is 15.4 Å². The fraction of sp³-hybridized carbons (Fsp3) is 0.571. The third-order valence-corrected chi connectivity index (χ3v) is 5.41. The second-order valence-corrected chi connectivity index (χ2v) is 7.33. The number of carbonyl (C=O) groups is 1. The lowest BCUT2D eigenvalue weighted by atomic mass is 9.86. The molecule has 0 bridgehead atoms. The summed E-state index contributed by atoms with van der Waals surface area (Å²) in [4.78, 5) is 11.9. The van der Waals surface area contributed by atoms with Crippen LogP contribution in [0.3, 0.4) is 0 Å². The maximum atomic E-state index is 14.4. The van der Waals surface area contributed by atoms with Crippen LogP contribution in [0.2, 0.25) is 0 Å². The van der Waals surface area contributed by atoms with Crippen LogP contribution >= 0.6 is 0 Å². The molecule has 1 aliphatic carbocycles. The van der Waals surface area contributed by atoms with E-state index in [-0.39, 0.29) is 24.2 Å². The maximum absolute atomic E-state index is 14.4. The first-order valence-electron chi connectivity index (χ1n) is 9.83. The summed E-state index contributed by atoms with van der Waals surface area (Å²) in [7, 11) is 0. The number of piperidine rings is 1. The van der Waals surface area contributed by atoms with E-state index in [1.165, 1.54) is 6.07 Å². The zero-order valence-electron chi connectivity index (χ0n) is 15.6. The molecule has 1 heterocycles. The van der Waals surface area contributed by atoms with Crippen molar-refractivity contribution in [3.8, 4) is 5.75 Å². The summed E-state index contributed by atoms with van der Waals surface area (Å²) in [6.07, 6.45) is 6.12. The highest BCUT2D eigenvalue weighted by atomic mass is 19.1. The Kier molecular flexibility index (Phi) is 7.21. The topological polar surface area (TPSA) is 50.4 Å². The first kappa shape index (κ1) is 19.8. The van der Waals surface area contributed by atoms with Crippen molar-refractivity contribution in [2.24, 2.45) is 11.8 Å². The fourth-order valence-electron chi connectivity index (χ4n) is 3.72. The Morgan fingerprint density at radius 3 is 2.74 bits per heavy atom. The molecule has 1 atom stereocenters. The molecule has 2 N–H and O–H groups in total. The highest BCUT2D eigenvalue weighted by Crippen LogP contribution is 2.32. The molecule has 6 heteroatoms. The number of amides is 1. The van der Waals surface area contributed by atoms with Crippen molar-refractivity contribution < 1.29 is 18.3 Å². The van der Waals surface area contributed by atoms with Gasteiger partial charge in [0.1, 0.15) is 6.67 Å². The summed E-state index contributed by atoms with van der Waals surface area (Å²) in [5, 5.41) is 5.90. The quantitative estimate of drug-likeness (QED) is 0.764. The smallest absolute Gasteiger partial charge is 0.223 e. The summed E-state index contributed by atoms with van der Waals surface area (Å²) >= 11 is 0. The number of hydrogen-bond acceptors (Lipinski definition) is 3. The van der Waals surface area contributed by atoms with Gasteiger partial charge in [-0.1, -0.05) is 12.1 Å². The first-order valence-corrected chi connectivity index (χ1v) is 9.83. The second-order valence-electron chi connectivity index (χ2n) is 7.33. The number of carbonyl (C=O) groups excluding carboxylic acids is 1. The number of alkyl halides is 1. The van der Waals surface area contributed by atoms with Gasteiger partial charge in [-0.25, -0.2) is 8.78 Å². The van der Waals surface area contributed by atoms with Crippen molar-refractivity contribution >= 4 is 11.5 Å². The molecule has 1 amide bonds. The number of ether oxygens (including phenoxy) is 1. The van der Waals surface area contributed by atoms with E-state index < -0.39 is 6.67 Å². The molecule has 0 saturated carbocycles. The molecule has 1 aromatic rings. The van der Waals surface area contributed by atoms with E-state index in [2.05, 4.69) is 10.6 Å². The average molecular weight is 378 g/mol. The van der Waals surface area contributed by atoms with Crippen molar-refractivity contribution in [1.29, 1.82) is 0 Å². The van der Waals surface area contributed by atoms with E-state index in [1.807, 2.05) is 12.1 Å². The predicted octanol–water partition coefficient (Wildman–Crippen LogP) is 3.47. The summed E-state index contributed by atoms with van der Waals surface area (Å²) < 4.78 is 32.3. The third-order valence-electron chi connectivity index (χ3n) is 5.41. The van der Waals surface area contributed by atoms with Crippen LogP contribution in [0.15, 0.2) is 24.3 Å². The minimum absolute atomic E-state index is 0.0654. The number of rotatable bonds is 7. The lowest BCUT2D eigenvalue weighted by molar-refractivity contribution is -0.125. The summed E-state index contributed by atoms with van der Waals surface area (Å²) in [5.74, 6) is 0.211. The van der Waals surface area contributed by atoms with Crippen LogP contribution in [-0.2, 0) is 4.79 Å². The van der Waals surface area contributed by atoms with E-state index in [1.54, 1.807) is 6.07 Å². The van der Waals surface area contributed by atoms with Crippen LogP contribution in [-0.4, -0.2) is 38.8 Å². The molecule has 1 saturated heterocycles. The lowest BCUT2D eigenvalue weighted by Crippen LogP contribution is -2.32. The van der Waals surface area contributed by atoms with Crippen molar-refractivity contribution in [1.82, 2.24) is 10.6 Å². The minimum Gasteiger partial charge on any atom is -0.490 e. The first-order chi connectivity index (χ1) is 13.2. The summed E-state index contributed by atoms with van der Waals surface area (Å²) in [6.45, 7) is 2.06. The number of allylic oxidation sites excluding steroid dienone is 2. The van der Waals surface area contributed by atoms with E-state index in [9.17, 15) is 13.6 Å². The Labute approximate surface area is 159 Å². The number of halogens is 2. The van der Waals surface area contributed by atoms with Gasteiger partial charge in [0.05, 0.1) is 6.61 Å². The monoisotopic (exact) mass is 378 g/mol. The van der Waals surface area contributed by atoms with Gasteiger partial charge >= 0.3 is 0 Å². The molecule has 0 radical (unpaired) electrons. The van der Waals surface area contributed by atoms with E-state index >= 15 is 0 Å². The highest BCUT2D eigenvalue weighted by molar-refractivity contribution is 5.80. The van der Waals surface area contributed by atoms with Crippen molar-refractivity contribution in [2.45, 2.75) is 32.1 Å². The molecule has 4 nitrogen and oxygen atoms in total. The number of benzene rings is 1. The average Bonchev–Trinajstić information content (AvgIpc) is 2.72. The van der Waals surface area contributed by atoms with Crippen LogP contribution in [0, 0.1) is 17.7 Å². The van der Waals surface area contributed by atoms with Crippen molar-refractivity contribution in [3.05, 3.63) is 35.7 Å². The zero-order valence-corrected chi connectivity index (χ0v) is 15.6. The molecule has 0 spiro atoms. The van der Waals surface area contributed by atoms with E-state index in [0.717, 1.165) is 37.1 Å². The Balaban J connectivity index is 1.55. The van der Waals surface area contributed by atoms with Gasteiger partial charge in [-0.15, -0.1) is 0 Å². The minimum atomic E-state index is -0.551. The summed E-state index contributed by atoms with van der Waals surface area (Å²) in [5.41, 5.74) is 1.89.